The molecule has 25 heavy (non-hydrogen) atoms. The molecule has 0 N–H and O–H groups in total. The summed E-state index contributed by atoms with van der Waals surface area (Å²) in [5.74, 6) is 0. The maximum Gasteiger partial charge on any atom is 0.149 e. The van der Waals surface area contributed by atoms with Crippen LogP contribution in [0.25, 0.3) is 0 Å². The molecule has 4 heterocycles. The molecule has 0 bridgehead atoms. The minimum absolute atomic E-state index is 0.551. The Morgan fingerprint density at radius 2 is 1.04 bits per heavy atom. The number of nitrogens with zero attached hydrogens (tertiary/aromatic N) is 4. The van der Waals surface area contributed by atoms with Crippen molar-refractivity contribution >= 4 is 0 Å². The summed E-state index contributed by atoms with van der Waals surface area (Å²) >= 11 is 0. The van der Waals surface area contributed by atoms with Crippen LogP contribution in [0.3, 0.4) is 0 Å². The fourth-order valence-corrected chi connectivity index (χ4v) is 3.84. The van der Waals surface area contributed by atoms with Crippen LogP contribution in [0.1, 0.15) is 36.3 Å². The quantitative estimate of drug-likeness (QED) is 0.732. The van der Waals surface area contributed by atoms with E-state index in [4.69, 9.17) is 15.0 Å². The van der Waals surface area contributed by atoms with E-state index in [9.17, 15) is 0 Å². The first-order valence-electron chi connectivity index (χ1n) is 8.92. The van der Waals surface area contributed by atoms with Gasteiger partial charge in [-0.3, -0.25) is 19.9 Å². The first-order valence-corrected chi connectivity index (χ1v) is 8.92. The topological polar surface area (TPSA) is 41.9 Å². The molecule has 0 spiro atoms. The smallest absolute Gasteiger partial charge is 0.149 e. The minimum Gasteiger partial charge on any atom is -0.282 e. The van der Waals surface area contributed by atoms with Gasteiger partial charge < -0.3 is 0 Å². The molecule has 126 valence electrons. The third-order valence-corrected chi connectivity index (χ3v) is 4.94. The number of pyridine rings is 3. The van der Waals surface area contributed by atoms with Gasteiger partial charge in [0, 0.05) is 18.6 Å². The summed E-state index contributed by atoms with van der Waals surface area (Å²) in [5, 5.41) is 0. The average Bonchev–Trinajstić information content (AvgIpc) is 2.72. The molecule has 4 nitrogen and oxygen atoms in total. The van der Waals surface area contributed by atoms with Crippen LogP contribution in [0.2, 0.25) is 0 Å². The largest absolute Gasteiger partial charge is 0.282 e. The number of hydrogen-bond acceptors (Lipinski definition) is 4. The predicted molar refractivity (Wildman–Crippen MR) is 98.0 cm³/mol. The van der Waals surface area contributed by atoms with Crippen molar-refractivity contribution < 1.29 is 0 Å². The van der Waals surface area contributed by atoms with Crippen LogP contribution in [0, 0.1) is 0 Å². The van der Waals surface area contributed by atoms with Gasteiger partial charge in [0.1, 0.15) is 5.54 Å². The Morgan fingerprint density at radius 1 is 0.600 bits per heavy atom. The maximum atomic E-state index is 4.76. The van der Waals surface area contributed by atoms with E-state index in [1.165, 1.54) is 19.3 Å². The third kappa shape index (κ3) is 2.83. The Morgan fingerprint density at radius 3 is 1.40 bits per heavy atom. The summed E-state index contributed by atoms with van der Waals surface area (Å²) in [6.45, 7) is 2.04. The Hall–Kier alpha value is -2.59. The lowest BCUT2D eigenvalue weighted by Gasteiger charge is -2.44. The van der Waals surface area contributed by atoms with Crippen LogP contribution < -0.4 is 0 Å². The molecule has 1 saturated heterocycles. The minimum atomic E-state index is -0.551. The fourth-order valence-electron chi connectivity index (χ4n) is 3.84. The van der Waals surface area contributed by atoms with Gasteiger partial charge in [-0.1, -0.05) is 24.6 Å². The summed E-state index contributed by atoms with van der Waals surface area (Å²) in [4.78, 5) is 16.8. The lowest BCUT2D eigenvalue weighted by Crippen LogP contribution is -2.51. The van der Waals surface area contributed by atoms with Gasteiger partial charge in [-0.2, -0.15) is 0 Å². The number of piperidine rings is 1. The van der Waals surface area contributed by atoms with Crippen molar-refractivity contribution in [2.24, 2.45) is 0 Å². The molecular formula is C21H22N4. The van der Waals surface area contributed by atoms with E-state index in [0.29, 0.717) is 0 Å². The lowest BCUT2D eigenvalue weighted by atomic mass is 9.82. The van der Waals surface area contributed by atoms with Crippen molar-refractivity contribution in [3.8, 4) is 0 Å². The highest BCUT2D eigenvalue weighted by molar-refractivity contribution is 5.41. The van der Waals surface area contributed by atoms with Crippen molar-refractivity contribution in [3.63, 3.8) is 0 Å². The van der Waals surface area contributed by atoms with E-state index in [0.717, 1.165) is 30.2 Å². The summed E-state index contributed by atoms with van der Waals surface area (Å²) < 4.78 is 0. The molecule has 0 unspecified atom stereocenters. The molecule has 4 heteroatoms. The predicted octanol–water partition coefficient (Wildman–Crippen LogP) is 3.65. The molecule has 1 aliphatic rings. The molecular weight excluding hydrogens is 308 g/mol. The Kier molecular flexibility index (Phi) is 4.53. The fraction of sp³-hybridized carbons (Fsp3) is 0.286. The monoisotopic (exact) mass is 330 g/mol. The molecule has 1 fully saturated rings. The van der Waals surface area contributed by atoms with E-state index in [-0.39, 0.29) is 0 Å². The standard InChI is InChI=1S/C21H22N4/c1-8-16-25(17-9-1)21(18-10-2-5-13-22-18,19-11-3-6-14-23-19)20-12-4-7-15-24-20/h2-7,10-15H,1,8-9,16-17H2. The van der Waals surface area contributed by atoms with Crippen LogP contribution in [-0.2, 0) is 5.54 Å². The molecule has 0 aromatic carbocycles. The van der Waals surface area contributed by atoms with E-state index in [1.54, 1.807) is 0 Å². The average molecular weight is 330 g/mol. The molecule has 0 aliphatic carbocycles. The second-order valence-corrected chi connectivity index (χ2v) is 6.40. The summed E-state index contributed by atoms with van der Waals surface area (Å²) in [6.07, 6.45) is 9.24. The van der Waals surface area contributed by atoms with Gasteiger partial charge in [-0.05, 0) is 62.3 Å². The van der Waals surface area contributed by atoms with E-state index < -0.39 is 5.54 Å². The van der Waals surface area contributed by atoms with Gasteiger partial charge >= 0.3 is 0 Å². The van der Waals surface area contributed by atoms with Gasteiger partial charge in [0.15, 0.2) is 0 Å². The number of hydrogen-bond donors (Lipinski definition) is 0. The zero-order valence-electron chi connectivity index (χ0n) is 14.3. The maximum absolute atomic E-state index is 4.76. The number of aromatic nitrogens is 3. The third-order valence-electron chi connectivity index (χ3n) is 4.94. The molecule has 3 aromatic heterocycles. The summed E-state index contributed by atoms with van der Waals surface area (Å²) in [6, 6.07) is 18.3. The van der Waals surface area contributed by atoms with Crippen molar-refractivity contribution in [1.29, 1.82) is 0 Å². The molecule has 0 radical (unpaired) electrons. The van der Waals surface area contributed by atoms with Crippen molar-refractivity contribution in [1.82, 2.24) is 19.9 Å². The highest BCUT2D eigenvalue weighted by Gasteiger charge is 2.46. The highest BCUT2D eigenvalue weighted by Crippen LogP contribution is 2.40. The van der Waals surface area contributed by atoms with Crippen LogP contribution in [-0.4, -0.2) is 32.9 Å². The Labute approximate surface area is 148 Å². The SMILES string of the molecule is c1ccc(C(c2ccccn2)(c2ccccn2)N2CCCCC2)nc1. The Balaban J connectivity index is 2.01. The molecule has 1 aliphatic heterocycles. The lowest BCUT2D eigenvalue weighted by molar-refractivity contribution is 0.118. The summed E-state index contributed by atoms with van der Waals surface area (Å²) in [7, 11) is 0. The first kappa shape index (κ1) is 15.9. The second kappa shape index (κ2) is 7.11. The van der Waals surface area contributed by atoms with Gasteiger partial charge in [0.05, 0.1) is 17.1 Å². The zero-order chi connectivity index (χ0) is 17.0. The molecule has 0 atom stereocenters. The van der Waals surface area contributed by atoms with E-state index >= 15 is 0 Å². The normalized spacial score (nSPS) is 15.8. The molecule has 3 aromatic rings. The van der Waals surface area contributed by atoms with Crippen LogP contribution in [0.5, 0.6) is 0 Å². The zero-order valence-corrected chi connectivity index (χ0v) is 14.3. The first-order chi connectivity index (χ1) is 12.4. The number of likely N-dealkylation sites (tertiary alicyclic amines) is 1. The second-order valence-electron chi connectivity index (χ2n) is 6.40. The van der Waals surface area contributed by atoms with E-state index in [2.05, 4.69) is 23.1 Å². The van der Waals surface area contributed by atoms with Crippen molar-refractivity contribution in [3.05, 3.63) is 90.3 Å². The van der Waals surface area contributed by atoms with E-state index in [1.807, 2.05) is 55.0 Å². The van der Waals surface area contributed by atoms with Crippen molar-refractivity contribution in [2.45, 2.75) is 24.8 Å². The molecule has 0 amide bonds. The molecule has 4 rings (SSSR count). The van der Waals surface area contributed by atoms with Crippen molar-refractivity contribution in [2.75, 3.05) is 13.1 Å². The van der Waals surface area contributed by atoms with Crippen LogP contribution in [0.15, 0.2) is 73.2 Å². The van der Waals surface area contributed by atoms with Gasteiger partial charge in [-0.15, -0.1) is 0 Å². The number of rotatable bonds is 4. The van der Waals surface area contributed by atoms with Gasteiger partial charge in [-0.25, -0.2) is 0 Å². The van der Waals surface area contributed by atoms with Crippen LogP contribution in [0.4, 0.5) is 0 Å². The Bertz CT molecular complexity index is 687. The van der Waals surface area contributed by atoms with Gasteiger partial charge in [0.25, 0.3) is 0 Å². The summed E-state index contributed by atoms with van der Waals surface area (Å²) in [5.41, 5.74) is 2.39. The highest BCUT2D eigenvalue weighted by atomic mass is 15.2. The van der Waals surface area contributed by atoms with Crippen LogP contribution >= 0.6 is 0 Å². The van der Waals surface area contributed by atoms with Gasteiger partial charge in [0.2, 0.25) is 0 Å². The molecule has 0 saturated carbocycles.